The highest BCUT2D eigenvalue weighted by Crippen LogP contribution is 2.39. The number of hydrogen-bond donors (Lipinski definition) is 2. The van der Waals surface area contributed by atoms with Crippen molar-refractivity contribution < 1.29 is 28.2 Å². The van der Waals surface area contributed by atoms with Crippen LogP contribution in [0.5, 0.6) is 17.2 Å². The molecule has 0 unspecified atom stereocenters. The average molecular weight is 362 g/mol. The number of amides is 2. The van der Waals surface area contributed by atoms with Crippen LogP contribution in [0.1, 0.15) is 15.9 Å². The van der Waals surface area contributed by atoms with Crippen LogP contribution in [0.2, 0.25) is 0 Å². The number of halogens is 1. The highest BCUT2D eigenvalue weighted by atomic mass is 19.1. The molecule has 8 heteroatoms. The molecule has 138 valence electrons. The van der Waals surface area contributed by atoms with Gasteiger partial charge in [0.15, 0.2) is 11.5 Å². The van der Waals surface area contributed by atoms with Gasteiger partial charge in [0.25, 0.3) is 5.91 Å². The van der Waals surface area contributed by atoms with Crippen molar-refractivity contribution in [3.8, 4) is 17.2 Å². The van der Waals surface area contributed by atoms with Crippen LogP contribution >= 0.6 is 0 Å². The molecule has 7 nitrogen and oxygen atoms in total. The van der Waals surface area contributed by atoms with E-state index in [1.54, 1.807) is 12.1 Å². The van der Waals surface area contributed by atoms with Gasteiger partial charge in [-0.15, -0.1) is 0 Å². The van der Waals surface area contributed by atoms with Gasteiger partial charge in [-0.1, -0.05) is 18.2 Å². The second-order valence-corrected chi connectivity index (χ2v) is 5.15. The Kier molecular flexibility index (Phi) is 6.37. The Labute approximate surface area is 150 Å². The molecule has 0 aliphatic carbocycles. The predicted molar refractivity (Wildman–Crippen MR) is 91.8 cm³/mol. The summed E-state index contributed by atoms with van der Waals surface area (Å²) in [6, 6.07) is 8.75. The largest absolute Gasteiger partial charge is 0.493 e. The first kappa shape index (κ1) is 19.0. The SMILES string of the molecule is COc1ccc(CC(=O)NNC(=O)c2ccccc2F)c(OC)c1OC. The molecule has 0 aliphatic rings. The number of hydrazine groups is 1. The maximum absolute atomic E-state index is 13.5. The van der Waals surface area contributed by atoms with E-state index in [0.717, 1.165) is 6.07 Å². The second-order valence-electron chi connectivity index (χ2n) is 5.15. The molecule has 2 rings (SSSR count). The lowest BCUT2D eigenvalue weighted by atomic mass is 10.1. The van der Waals surface area contributed by atoms with Crippen molar-refractivity contribution in [3.05, 3.63) is 53.3 Å². The van der Waals surface area contributed by atoms with Crippen LogP contribution in [0.3, 0.4) is 0 Å². The molecular formula is C18H19FN2O5. The van der Waals surface area contributed by atoms with E-state index in [1.165, 1.54) is 39.5 Å². The zero-order chi connectivity index (χ0) is 19.1. The van der Waals surface area contributed by atoms with Crippen LogP contribution in [-0.2, 0) is 11.2 Å². The van der Waals surface area contributed by atoms with E-state index >= 15 is 0 Å². The van der Waals surface area contributed by atoms with Gasteiger partial charge in [-0.25, -0.2) is 4.39 Å². The Bertz CT molecular complexity index is 810. The maximum Gasteiger partial charge on any atom is 0.272 e. The molecule has 0 spiro atoms. The van der Waals surface area contributed by atoms with Crippen molar-refractivity contribution >= 4 is 11.8 Å². The van der Waals surface area contributed by atoms with E-state index < -0.39 is 17.6 Å². The quantitative estimate of drug-likeness (QED) is 0.766. The minimum Gasteiger partial charge on any atom is -0.493 e. The maximum atomic E-state index is 13.5. The van der Waals surface area contributed by atoms with E-state index in [9.17, 15) is 14.0 Å². The molecule has 0 atom stereocenters. The molecular weight excluding hydrogens is 343 g/mol. The fourth-order valence-corrected chi connectivity index (χ4v) is 2.36. The molecule has 0 radical (unpaired) electrons. The van der Waals surface area contributed by atoms with Crippen LogP contribution in [0, 0.1) is 5.82 Å². The highest BCUT2D eigenvalue weighted by molar-refractivity contribution is 5.95. The molecule has 0 saturated heterocycles. The van der Waals surface area contributed by atoms with Gasteiger partial charge in [-0.3, -0.25) is 20.4 Å². The predicted octanol–water partition coefficient (Wildman–Crippen LogP) is 1.86. The van der Waals surface area contributed by atoms with Gasteiger partial charge >= 0.3 is 0 Å². The molecule has 0 aliphatic heterocycles. The lowest BCUT2D eigenvalue weighted by Crippen LogP contribution is -2.42. The molecule has 0 heterocycles. The number of benzene rings is 2. The van der Waals surface area contributed by atoms with E-state index in [0.29, 0.717) is 22.8 Å². The molecule has 0 bridgehead atoms. The number of carbonyl (C=O) groups is 2. The van der Waals surface area contributed by atoms with Crippen LogP contribution in [-0.4, -0.2) is 33.1 Å². The standard InChI is InChI=1S/C18H19FN2O5/c1-24-14-9-8-11(16(25-2)17(14)26-3)10-15(22)20-21-18(23)12-6-4-5-7-13(12)19/h4-9H,10H2,1-3H3,(H,20,22)(H,21,23). The normalized spacial score (nSPS) is 10.0. The average Bonchev–Trinajstić information content (AvgIpc) is 2.65. The number of nitrogens with one attached hydrogen (secondary N) is 2. The Morgan fingerprint density at radius 3 is 2.23 bits per heavy atom. The van der Waals surface area contributed by atoms with Crippen molar-refractivity contribution in [2.75, 3.05) is 21.3 Å². The van der Waals surface area contributed by atoms with E-state index in [1.807, 2.05) is 0 Å². The third kappa shape index (κ3) is 4.21. The summed E-state index contributed by atoms with van der Waals surface area (Å²) in [5.41, 5.74) is 4.77. The minimum absolute atomic E-state index is 0.0962. The molecule has 2 amide bonds. The smallest absolute Gasteiger partial charge is 0.272 e. The summed E-state index contributed by atoms with van der Waals surface area (Å²) >= 11 is 0. The van der Waals surface area contributed by atoms with Crippen LogP contribution in [0.4, 0.5) is 4.39 Å². The van der Waals surface area contributed by atoms with E-state index in [2.05, 4.69) is 10.9 Å². The fraction of sp³-hybridized carbons (Fsp3) is 0.222. The number of ether oxygens (including phenoxy) is 3. The summed E-state index contributed by atoms with van der Waals surface area (Å²) in [5.74, 6) is -0.781. The summed E-state index contributed by atoms with van der Waals surface area (Å²) in [7, 11) is 4.39. The summed E-state index contributed by atoms with van der Waals surface area (Å²) < 4.78 is 29.3. The van der Waals surface area contributed by atoms with Gasteiger partial charge in [0, 0.05) is 5.56 Å². The van der Waals surface area contributed by atoms with Crippen molar-refractivity contribution in [1.82, 2.24) is 10.9 Å². The molecule has 0 aromatic heterocycles. The molecule has 2 aromatic carbocycles. The number of hydrogen-bond acceptors (Lipinski definition) is 5. The van der Waals surface area contributed by atoms with Crippen molar-refractivity contribution in [1.29, 1.82) is 0 Å². The van der Waals surface area contributed by atoms with Gasteiger partial charge in [0.2, 0.25) is 11.7 Å². The van der Waals surface area contributed by atoms with Crippen LogP contribution in [0.15, 0.2) is 36.4 Å². The molecule has 26 heavy (non-hydrogen) atoms. The number of methoxy groups -OCH3 is 3. The number of carbonyl (C=O) groups excluding carboxylic acids is 2. The van der Waals surface area contributed by atoms with Crippen LogP contribution < -0.4 is 25.1 Å². The third-order valence-corrected chi connectivity index (χ3v) is 3.57. The van der Waals surface area contributed by atoms with E-state index in [4.69, 9.17) is 14.2 Å². The number of rotatable bonds is 6. The summed E-state index contributed by atoms with van der Waals surface area (Å²) in [4.78, 5) is 24.0. The first-order chi connectivity index (χ1) is 12.5. The Hall–Kier alpha value is -3.29. The van der Waals surface area contributed by atoms with Crippen molar-refractivity contribution in [2.24, 2.45) is 0 Å². The zero-order valence-electron chi connectivity index (χ0n) is 14.6. The highest BCUT2D eigenvalue weighted by Gasteiger charge is 2.18. The summed E-state index contributed by atoms with van der Waals surface area (Å²) in [6.07, 6.45) is -0.0962. The van der Waals surface area contributed by atoms with Gasteiger partial charge < -0.3 is 14.2 Å². The van der Waals surface area contributed by atoms with Gasteiger partial charge in [0.05, 0.1) is 33.3 Å². The first-order valence-electron chi connectivity index (χ1n) is 7.63. The minimum atomic E-state index is -0.754. The van der Waals surface area contributed by atoms with Gasteiger partial charge in [0.1, 0.15) is 5.82 Å². The molecule has 0 fully saturated rings. The van der Waals surface area contributed by atoms with Crippen molar-refractivity contribution in [2.45, 2.75) is 6.42 Å². The Morgan fingerprint density at radius 2 is 1.62 bits per heavy atom. The fourth-order valence-electron chi connectivity index (χ4n) is 2.36. The zero-order valence-corrected chi connectivity index (χ0v) is 14.6. The molecule has 2 aromatic rings. The van der Waals surface area contributed by atoms with Crippen molar-refractivity contribution in [3.63, 3.8) is 0 Å². The van der Waals surface area contributed by atoms with Crippen LogP contribution in [0.25, 0.3) is 0 Å². The molecule has 2 N–H and O–H groups in total. The summed E-state index contributed by atoms with van der Waals surface area (Å²) in [6.45, 7) is 0. The summed E-state index contributed by atoms with van der Waals surface area (Å²) in [5, 5.41) is 0. The monoisotopic (exact) mass is 362 g/mol. The van der Waals surface area contributed by atoms with E-state index in [-0.39, 0.29) is 12.0 Å². The topological polar surface area (TPSA) is 85.9 Å². The molecule has 0 saturated carbocycles. The van der Waals surface area contributed by atoms with Gasteiger partial charge in [-0.05, 0) is 18.2 Å². The second kappa shape index (κ2) is 8.70. The lowest BCUT2D eigenvalue weighted by molar-refractivity contribution is -0.121. The first-order valence-corrected chi connectivity index (χ1v) is 7.63. The van der Waals surface area contributed by atoms with Gasteiger partial charge in [-0.2, -0.15) is 0 Å². The Morgan fingerprint density at radius 1 is 0.923 bits per heavy atom. The lowest BCUT2D eigenvalue weighted by Gasteiger charge is -2.15. The Balaban J connectivity index is 2.06. The third-order valence-electron chi connectivity index (χ3n) is 3.57.